The summed E-state index contributed by atoms with van der Waals surface area (Å²) in [6.45, 7) is 2.61. The molecule has 0 aliphatic rings. The Balaban J connectivity index is 1.45. The van der Waals surface area contributed by atoms with E-state index in [-0.39, 0.29) is 12.3 Å². The lowest BCUT2D eigenvalue weighted by Gasteiger charge is -2.22. The minimum Gasteiger partial charge on any atom is -0.352 e. The van der Waals surface area contributed by atoms with E-state index < -0.39 is 0 Å². The van der Waals surface area contributed by atoms with Gasteiger partial charge in [-0.25, -0.2) is 9.36 Å². The number of aromatic nitrogens is 6. The van der Waals surface area contributed by atoms with Gasteiger partial charge in [0, 0.05) is 6.42 Å². The fourth-order valence-electron chi connectivity index (χ4n) is 3.71. The number of para-hydroxylation sites is 2. The Hall–Kier alpha value is -3.58. The molecule has 2 heterocycles. The maximum atomic E-state index is 6.36. The number of ether oxygens (including phenoxy) is 1. The van der Waals surface area contributed by atoms with Crippen LogP contribution in [-0.4, -0.2) is 30.0 Å². The van der Waals surface area contributed by atoms with Crippen molar-refractivity contribution in [3.8, 4) is 0 Å². The SMILES string of the molecule is C[C@H](C[C@H](OCc1ccccc1)n1nnc2ccccc21)n1nnc2ccccc21. The molecule has 150 valence electrons. The van der Waals surface area contributed by atoms with Crippen LogP contribution >= 0.6 is 0 Å². The van der Waals surface area contributed by atoms with E-state index in [1.165, 1.54) is 0 Å². The van der Waals surface area contributed by atoms with Gasteiger partial charge in [0.1, 0.15) is 11.0 Å². The normalized spacial score (nSPS) is 13.6. The lowest BCUT2D eigenvalue weighted by atomic mass is 10.2. The zero-order chi connectivity index (χ0) is 20.3. The molecule has 0 unspecified atom stereocenters. The summed E-state index contributed by atoms with van der Waals surface area (Å²) in [5.74, 6) is 0. The third-order valence-electron chi connectivity index (χ3n) is 5.27. The van der Waals surface area contributed by atoms with Crippen molar-refractivity contribution in [1.29, 1.82) is 0 Å². The zero-order valence-electron chi connectivity index (χ0n) is 16.7. The van der Waals surface area contributed by atoms with Crippen molar-refractivity contribution in [2.75, 3.05) is 0 Å². The Labute approximate surface area is 173 Å². The van der Waals surface area contributed by atoms with E-state index in [4.69, 9.17) is 4.74 Å². The van der Waals surface area contributed by atoms with Crippen molar-refractivity contribution < 1.29 is 4.74 Å². The highest BCUT2D eigenvalue weighted by Gasteiger charge is 2.22. The van der Waals surface area contributed by atoms with Gasteiger partial charge in [-0.05, 0) is 36.8 Å². The average molecular weight is 398 g/mol. The van der Waals surface area contributed by atoms with Crippen molar-refractivity contribution in [3.63, 3.8) is 0 Å². The third-order valence-corrected chi connectivity index (χ3v) is 5.27. The van der Waals surface area contributed by atoms with Crippen LogP contribution in [-0.2, 0) is 11.3 Å². The standard InChI is InChI=1S/C23H22N6O/c1-17(28-21-13-7-5-11-19(21)24-26-28)15-23(30-16-18-9-3-2-4-10-18)29-22-14-8-6-12-20(22)25-27-29/h2-14,17,23H,15-16H2,1H3/t17-,23+/m1/s1. The van der Waals surface area contributed by atoms with Crippen molar-refractivity contribution in [3.05, 3.63) is 84.4 Å². The van der Waals surface area contributed by atoms with Gasteiger partial charge in [-0.15, -0.1) is 10.2 Å². The van der Waals surface area contributed by atoms with Gasteiger partial charge >= 0.3 is 0 Å². The molecule has 3 aromatic carbocycles. The van der Waals surface area contributed by atoms with Crippen LogP contribution in [0.25, 0.3) is 22.1 Å². The Kier molecular flexibility index (Phi) is 4.94. The highest BCUT2D eigenvalue weighted by atomic mass is 16.5. The molecule has 0 saturated heterocycles. The molecule has 5 rings (SSSR count). The smallest absolute Gasteiger partial charge is 0.155 e. The second kappa shape index (κ2) is 8.04. The van der Waals surface area contributed by atoms with Crippen LogP contribution in [0.2, 0.25) is 0 Å². The average Bonchev–Trinajstić information content (AvgIpc) is 3.42. The Morgan fingerprint density at radius 1 is 0.733 bits per heavy atom. The minimum absolute atomic E-state index is 0.0566. The highest BCUT2D eigenvalue weighted by molar-refractivity contribution is 5.74. The summed E-state index contributed by atoms with van der Waals surface area (Å²) < 4.78 is 10.2. The molecule has 2 atom stereocenters. The molecule has 0 bridgehead atoms. The second-order valence-corrected chi connectivity index (χ2v) is 7.38. The van der Waals surface area contributed by atoms with Crippen molar-refractivity contribution in [1.82, 2.24) is 30.0 Å². The third kappa shape index (κ3) is 3.55. The quantitative estimate of drug-likeness (QED) is 0.402. The molecular formula is C23H22N6O. The maximum absolute atomic E-state index is 6.36. The molecule has 0 aliphatic heterocycles. The predicted molar refractivity (Wildman–Crippen MR) is 115 cm³/mol. The number of benzene rings is 3. The molecule has 0 saturated carbocycles. The Morgan fingerprint density at radius 2 is 1.30 bits per heavy atom. The van der Waals surface area contributed by atoms with E-state index in [0.29, 0.717) is 13.0 Å². The summed E-state index contributed by atoms with van der Waals surface area (Å²) in [7, 11) is 0. The fourth-order valence-corrected chi connectivity index (χ4v) is 3.71. The molecule has 7 nitrogen and oxygen atoms in total. The highest BCUT2D eigenvalue weighted by Crippen LogP contribution is 2.27. The summed E-state index contributed by atoms with van der Waals surface area (Å²) in [5.41, 5.74) is 4.81. The summed E-state index contributed by atoms with van der Waals surface area (Å²) in [4.78, 5) is 0. The monoisotopic (exact) mass is 398 g/mol. The number of hydrogen-bond acceptors (Lipinski definition) is 5. The van der Waals surface area contributed by atoms with Gasteiger partial charge < -0.3 is 4.74 Å². The van der Waals surface area contributed by atoms with Crippen LogP contribution in [0.1, 0.15) is 31.2 Å². The summed E-state index contributed by atoms with van der Waals surface area (Å²) >= 11 is 0. The first-order valence-corrected chi connectivity index (χ1v) is 10.0. The molecule has 2 aromatic heterocycles. The number of fused-ring (bicyclic) bond motifs is 2. The van der Waals surface area contributed by atoms with E-state index in [1.54, 1.807) is 0 Å². The summed E-state index contributed by atoms with van der Waals surface area (Å²) in [5, 5.41) is 17.4. The van der Waals surface area contributed by atoms with E-state index in [9.17, 15) is 0 Å². The Morgan fingerprint density at radius 3 is 2.00 bits per heavy atom. The molecule has 7 heteroatoms. The van der Waals surface area contributed by atoms with Crippen LogP contribution in [0.5, 0.6) is 0 Å². The predicted octanol–water partition coefficient (Wildman–Crippen LogP) is 4.54. The number of hydrogen-bond donors (Lipinski definition) is 0. The topological polar surface area (TPSA) is 70.7 Å². The first kappa shape index (κ1) is 18.4. The molecule has 5 aromatic rings. The van der Waals surface area contributed by atoms with Crippen LogP contribution in [0.4, 0.5) is 0 Å². The maximum Gasteiger partial charge on any atom is 0.155 e. The van der Waals surface area contributed by atoms with Crippen LogP contribution in [0.3, 0.4) is 0 Å². The van der Waals surface area contributed by atoms with E-state index >= 15 is 0 Å². The van der Waals surface area contributed by atoms with E-state index in [1.807, 2.05) is 76.1 Å². The number of nitrogens with zero attached hydrogens (tertiary/aromatic N) is 6. The fraction of sp³-hybridized carbons (Fsp3) is 0.217. The molecule has 0 spiro atoms. The first-order chi connectivity index (χ1) is 14.8. The molecule has 0 aliphatic carbocycles. The van der Waals surface area contributed by atoms with Gasteiger partial charge in [0.15, 0.2) is 6.23 Å². The van der Waals surface area contributed by atoms with Gasteiger partial charge in [0.25, 0.3) is 0 Å². The lowest BCUT2D eigenvalue weighted by molar-refractivity contribution is -0.0296. The van der Waals surface area contributed by atoms with Gasteiger partial charge in [0.2, 0.25) is 0 Å². The van der Waals surface area contributed by atoms with Crippen molar-refractivity contribution in [2.24, 2.45) is 0 Å². The second-order valence-electron chi connectivity index (χ2n) is 7.38. The van der Waals surface area contributed by atoms with Gasteiger partial charge in [-0.1, -0.05) is 65.0 Å². The first-order valence-electron chi connectivity index (χ1n) is 10.0. The zero-order valence-corrected chi connectivity index (χ0v) is 16.7. The van der Waals surface area contributed by atoms with Gasteiger partial charge in [-0.2, -0.15) is 0 Å². The Bertz CT molecular complexity index is 1260. The summed E-state index contributed by atoms with van der Waals surface area (Å²) in [6.07, 6.45) is 0.378. The van der Waals surface area contributed by atoms with E-state index in [2.05, 4.69) is 39.7 Å². The van der Waals surface area contributed by atoms with Crippen LogP contribution < -0.4 is 0 Å². The van der Waals surface area contributed by atoms with Crippen molar-refractivity contribution in [2.45, 2.75) is 32.2 Å². The molecule has 0 amide bonds. The minimum atomic E-state index is -0.296. The van der Waals surface area contributed by atoms with Gasteiger partial charge in [-0.3, -0.25) is 0 Å². The molecule has 0 N–H and O–H groups in total. The van der Waals surface area contributed by atoms with Crippen molar-refractivity contribution >= 4 is 22.1 Å². The van der Waals surface area contributed by atoms with Crippen LogP contribution in [0.15, 0.2) is 78.9 Å². The molecular weight excluding hydrogens is 376 g/mol. The largest absolute Gasteiger partial charge is 0.352 e. The summed E-state index contributed by atoms with van der Waals surface area (Å²) in [6, 6.07) is 26.1. The lowest BCUT2D eigenvalue weighted by Crippen LogP contribution is -2.20. The molecule has 0 fully saturated rings. The molecule has 0 radical (unpaired) electrons. The molecule has 30 heavy (non-hydrogen) atoms. The van der Waals surface area contributed by atoms with E-state index in [0.717, 1.165) is 27.6 Å². The van der Waals surface area contributed by atoms with Crippen LogP contribution in [0, 0.1) is 0 Å². The van der Waals surface area contributed by atoms with Gasteiger partial charge in [0.05, 0.1) is 23.7 Å². The number of rotatable bonds is 7.